The zero-order chi connectivity index (χ0) is 51.9. The molecule has 2 aliphatic heterocycles. The predicted octanol–water partition coefficient (Wildman–Crippen LogP) is 16.7. The lowest BCUT2D eigenvalue weighted by Crippen LogP contribution is -2.61. The van der Waals surface area contributed by atoms with Crippen molar-refractivity contribution in [2.24, 2.45) is 0 Å². The Morgan fingerprint density at radius 1 is 0.266 bits per heavy atom. The third kappa shape index (κ3) is 5.38. The molecule has 0 bridgehead atoms. The molecule has 0 saturated heterocycles. The van der Waals surface area contributed by atoms with E-state index < -0.39 is 10.8 Å². The van der Waals surface area contributed by atoms with Crippen molar-refractivity contribution in [3.8, 4) is 55.6 Å². The highest BCUT2D eigenvalue weighted by atomic mass is 15.2. The van der Waals surface area contributed by atoms with Crippen molar-refractivity contribution in [1.29, 1.82) is 0 Å². The van der Waals surface area contributed by atoms with Crippen LogP contribution in [0.15, 0.2) is 261 Å². The Morgan fingerprint density at radius 2 is 0.595 bits per heavy atom. The summed E-state index contributed by atoms with van der Waals surface area (Å²) in [5.41, 5.74) is 36.4. The van der Waals surface area contributed by atoms with E-state index in [-0.39, 0.29) is 6.71 Å². The molecule has 0 saturated carbocycles. The minimum absolute atomic E-state index is 0.0108. The van der Waals surface area contributed by atoms with Crippen molar-refractivity contribution >= 4 is 57.2 Å². The number of aryl methyl sites for hydroxylation is 2. The summed E-state index contributed by atoms with van der Waals surface area (Å²) < 4.78 is 0. The van der Waals surface area contributed by atoms with Crippen LogP contribution in [0.4, 0.5) is 34.1 Å². The first kappa shape index (κ1) is 43.4. The molecule has 2 nitrogen and oxygen atoms in total. The Labute approximate surface area is 461 Å². The first-order valence-corrected chi connectivity index (χ1v) is 27.9. The summed E-state index contributed by atoms with van der Waals surface area (Å²) in [5.74, 6) is 0. The molecule has 366 valence electrons. The highest BCUT2D eigenvalue weighted by Crippen LogP contribution is 2.65. The highest BCUT2D eigenvalue weighted by Gasteiger charge is 2.54. The van der Waals surface area contributed by atoms with Gasteiger partial charge in [-0.1, -0.05) is 212 Å². The minimum Gasteiger partial charge on any atom is -0.311 e. The Kier molecular flexibility index (Phi) is 8.52. The molecule has 0 radical (unpaired) electrons. The molecule has 2 heterocycles. The SMILES string of the molecule is Cc1ccc2c(c1)N(c1ccc3c(c1)-c1ccccc1C31c3ccccc3-c3ccccc31)c1cc(-c3ccccc3)cc3c1B2c1ccc(C)cc1N3c1ccc2c(c1)-c1ccccc1C21c2ccccc2-c2ccccc21. The van der Waals surface area contributed by atoms with Crippen molar-refractivity contribution in [2.75, 3.05) is 9.80 Å². The van der Waals surface area contributed by atoms with E-state index in [1.54, 1.807) is 0 Å². The summed E-state index contributed by atoms with van der Waals surface area (Å²) in [6, 6.07) is 100. The number of rotatable bonds is 3. The third-order valence-corrected chi connectivity index (χ3v) is 19.0. The molecule has 0 amide bonds. The Balaban J connectivity index is 0.898. The van der Waals surface area contributed by atoms with Gasteiger partial charge in [-0.3, -0.25) is 0 Å². The molecule has 3 heteroatoms. The summed E-state index contributed by atoms with van der Waals surface area (Å²) in [6.07, 6.45) is 0. The summed E-state index contributed by atoms with van der Waals surface area (Å²) in [4.78, 5) is 5.23. The molecular weight excluding hydrogens is 952 g/mol. The number of hydrogen-bond donors (Lipinski definition) is 0. The Hall–Kier alpha value is -9.70. The fourth-order valence-electron chi connectivity index (χ4n) is 16.0. The minimum atomic E-state index is -0.422. The lowest BCUT2D eigenvalue weighted by molar-refractivity contribution is 0.794. The van der Waals surface area contributed by atoms with Gasteiger partial charge in [0.1, 0.15) is 0 Å². The molecule has 18 rings (SSSR count). The van der Waals surface area contributed by atoms with Crippen molar-refractivity contribution in [1.82, 2.24) is 0 Å². The lowest BCUT2D eigenvalue weighted by atomic mass is 9.33. The lowest BCUT2D eigenvalue weighted by Gasteiger charge is -2.45. The van der Waals surface area contributed by atoms with Crippen LogP contribution in [0.3, 0.4) is 0 Å². The second kappa shape index (κ2) is 15.5. The van der Waals surface area contributed by atoms with E-state index in [0.717, 1.165) is 11.4 Å². The van der Waals surface area contributed by atoms with Crippen LogP contribution in [0.1, 0.15) is 55.6 Å². The van der Waals surface area contributed by atoms with E-state index in [2.05, 4.69) is 285 Å². The van der Waals surface area contributed by atoms with E-state index in [0.29, 0.717) is 0 Å². The second-order valence-electron chi connectivity index (χ2n) is 22.8. The fourth-order valence-corrected chi connectivity index (χ4v) is 16.0. The Bertz CT molecular complexity index is 4320. The van der Waals surface area contributed by atoms with Gasteiger partial charge in [0.05, 0.1) is 10.8 Å². The Morgan fingerprint density at radius 3 is 0.975 bits per heavy atom. The van der Waals surface area contributed by atoms with Gasteiger partial charge in [-0.05, 0) is 190 Å². The molecule has 79 heavy (non-hydrogen) atoms. The third-order valence-electron chi connectivity index (χ3n) is 19.0. The highest BCUT2D eigenvalue weighted by molar-refractivity contribution is 7.00. The maximum Gasteiger partial charge on any atom is 0.252 e. The standard InChI is InChI=1S/C76H49BN2/c1-46-32-38-68-70(40-46)78(50-34-36-66-58(44-50)56-24-10-16-30-64(56)75(66)60-26-12-6-20-52(60)53-21-7-13-27-61(53)75)72-42-49(48-18-4-3-5-19-48)43-73-74(72)77(68)69-39-33-47(2)41-71(69)79(73)51-35-37-67-59(45-51)57-25-11-17-31-65(57)76(67)62-28-14-8-22-54(62)55-23-9-15-29-63(55)76/h3-45H,1-2H3. The van der Waals surface area contributed by atoms with Gasteiger partial charge in [0, 0.05) is 34.1 Å². The maximum absolute atomic E-state index is 2.61. The van der Waals surface area contributed by atoms with Crippen LogP contribution in [0.25, 0.3) is 55.6 Å². The van der Waals surface area contributed by atoms with Crippen molar-refractivity contribution < 1.29 is 0 Å². The molecule has 6 aliphatic rings. The maximum atomic E-state index is 2.61. The molecule has 0 N–H and O–H groups in total. The van der Waals surface area contributed by atoms with Gasteiger partial charge in [-0.15, -0.1) is 0 Å². The van der Waals surface area contributed by atoms with E-state index >= 15 is 0 Å². The first-order valence-electron chi connectivity index (χ1n) is 27.9. The number of nitrogens with zero attached hydrogens (tertiary/aromatic N) is 2. The summed E-state index contributed by atoms with van der Waals surface area (Å²) in [5, 5.41) is 0. The van der Waals surface area contributed by atoms with Crippen LogP contribution in [0.5, 0.6) is 0 Å². The van der Waals surface area contributed by atoms with Crippen LogP contribution in [0.2, 0.25) is 0 Å². The molecular formula is C76H49BN2. The molecule has 0 atom stereocenters. The molecule has 12 aromatic carbocycles. The van der Waals surface area contributed by atoms with Crippen LogP contribution < -0.4 is 26.2 Å². The first-order chi connectivity index (χ1) is 39.0. The average Bonchev–Trinajstić information content (AvgIpc) is 4.40. The fraction of sp³-hybridized carbons (Fsp3) is 0.0526. The van der Waals surface area contributed by atoms with Crippen molar-refractivity contribution in [3.05, 3.63) is 316 Å². The van der Waals surface area contributed by atoms with Crippen LogP contribution in [0, 0.1) is 13.8 Å². The second-order valence-corrected chi connectivity index (χ2v) is 22.8. The van der Waals surface area contributed by atoms with Gasteiger partial charge < -0.3 is 9.80 Å². The van der Waals surface area contributed by atoms with Gasteiger partial charge in [-0.25, -0.2) is 0 Å². The smallest absolute Gasteiger partial charge is 0.252 e. The summed E-state index contributed by atoms with van der Waals surface area (Å²) in [7, 11) is 0. The quantitative estimate of drug-likeness (QED) is 0.163. The van der Waals surface area contributed by atoms with Crippen LogP contribution >= 0.6 is 0 Å². The summed E-state index contributed by atoms with van der Waals surface area (Å²) in [6.45, 7) is 4.48. The molecule has 2 spiro atoms. The summed E-state index contributed by atoms with van der Waals surface area (Å²) >= 11 is 0. The number of anilines is 6. The molecule has 0 fully saturated rings. The van der Waals surface area contributed by atoms with E-state index in [1.165, 1.54) is 150 Å². The van der Waals surface area contributed by atoms with Crippen molar-refractivity contribution in [3.63, 3.8) is 0 Å². The normalized spacial score (nSPS) is 14.8. The van der Waals surface area contributed by atoms with Gasteiger partial charge in [0.2, 0.25) is 0 Å². The number of hydrogen-bond acceptors (Lipinski definition) is 2. The average molecular weight is 1000 g/mol. The zero-order valence-electron chi connectivity index (χ0n) is 43.8. The van der Waals surface area contributed by atoms with E-state index in [9.17, 15) is 0 Å². The molecule has 4 aliphatic carbocycles. The molecule has 12 aromatic rings. The van der Waals surface area contributed by atoms with Gasteiger partial charge in [0.25, 0.3) is 6.71 Å². The van der Waals surface area contributed by atoms with Gasteiger partial charge in [0.15, 0.2) is 0 Å². The zero-order valence-corrected chi connectivity index (χ0v) is 43.8. The molecule has 0 unspecified atom stereocenters. The van der Waals surface area contributed by atoms with Crippen molar-refractivity contribution in [2.45, 2.75) is 24.7 Å². The van der Waals surface area contributed by atoms with Crippen LogP contribution in [-0.4, -0.2) is 6.71 Å². The molecule has 0 aromatic heterocycles. The monoisotopic (exact) mass is 1000 g/mol. The van der Waals surface area contributed by atoms with E-state index in [1.807, 2.05) is 0 Å². The van der Waals surface area contributed by atoms with Gasteiger partial charge >= 0.3 is 0 Å². The number of fused-ring (bicyclic) bond motifs is 24. The predicted molar refractivity (Wildman–Crippen MR) is 328 cm³/mol. The topological polar surface area (TPSA) is 6.48 Å². The number of benzene rings is 12. The largest absolute Gasteiger partial charge is 0.311 e. The van der Waals surface area contributed by atoms with Crippen LogP contribution in [-0.2, 0) is 10.8 Å². The van der Waals surface area contributed by atoms with E-state index in [4.69, 9.17) is 0 Å². The van der Waals surface area contributed by atoms with Gasteiger partial charge in [-0.2, -0.15) is 0 Å².